The van der Waals surface area contributed by atoms with Gasteiger partial charge in [-0.25, -0.2) is 0 Å². The molecule has 1 aromatic heterocycles. The molecule has 5 nitrogen and oxygen atoms in total. The molecular weight excluding hydrogens is 370 g/mol. The Kier molecular flexibility index (Phi) is 5.05. The molecule has 1 N–H and O–H groups in total. The zero-order valence-electron chi connectivity index (χ0n) is 13.1. The van der Waals surface area contributed by atoms with Gasteiger partial charge < -0.3 is 9.73 Å². The van der Waals surface area contributed by atoms with Crippen LogP contribution in [0.4, 0.5) is 5.69 Å². The van der Waals surface area contributed by atoms with E-state index in [1.54, 1.807) is 6.92 Å². The normalized spacial score (nSPS) is 11.9. The Morgan fingerprint density at radius 3 is 2.50 bits per heavy atom. The van der Waals surface area contributed by atoms with Crippen molar-refractivity contribution in [2.24, 2.45) is 0 Å². The van der Waals surface area contributed by atoms with Gasteiger partial charge in [-0.05, 0) is 33.6 Å². The van der Waals surface area contributed by atoms with E-state index >= 15 is 0 Å². The molecule has 1 unspecified atom stereocenters. The van der Waals surface area contributed by atoms with Crippen molar-refractivity contribution in [1.29, 1.82) is 0 Å². The Morgan fingerprint density at radius 1 is 1.12 bits per heavy atom. The minimum absolute atomic E-state index is 0.119. The number of aryl methyl sites for hydroxylation is 1. The van der Waals surface area contributed by atoms with Gasteiger partial charge in [0.05, 0.1) is 11.6 Å². The van der Waals surface area contributed by atoms with E-state index in [1.165, 1.54) is 0 Å². The highest BCUT2D eigenvalue weighted by Crippen LogP contribution is 2.28. The molecule has 3 aromatic rings. The van der Waals surface area contributed by atoms with E-state index in [-0.39, 0.29) is 18.2 Å². The number of nitrogens with one attached hydrogen (secondary N) is 1. The summed E-state index contributed by atoms with van der Waals surface area (Å²) < 4.78 is 6.40. The van der Waals surface area contributed by atoms with E-state index in [4.69, 9.17) is 4.42 Å². The van der Waals surface area contributed by atoms with Crippen LogP contribution in [0.5, 0.6) is 0 Å². The van der Waals surface area contributed by atoms with Gasteiger partial charge in [0.1, 0.15) is 0 Å². The molecule has 24 heavy (non-hydrogen) atoms. The summed E-state index contributed by atoms with van der Waals surface area (Å²) in [6.07, 6.45) is 0.215. The number of aromatic nitrogens is 2. The molecule has 2 aromatic carbocycles. The Labute approximate surface area is 148 Å². The number of carbonyl (C=O) groups excluding carboxylic acids is 1. The number of anilines is 1. The highest BCUT2D eigenvalue weighted by Gasteiger charge is 2.23. The molecule has 0 bridgehead atoms. The lowest BCUT2D eigenvalue weighted by molar-refractivity contribution is -0.116. The number of hydrogen-bond acceptors (Lipinski definition) is 4. The summed E-state index contributed by atoms with van der Waals surface area (Å²) in [7, 11) is 0. The number of halogens is 1. The number of carbonyl (C=O) groups is 1. The first-order chi connectivity index (χ1) is 11.6. The zero-order chi connectivity index (χ0) is 16.9. The number of para-hydroxylation sites is 1. The fourth-order valence-corrected chi connectivity index (χ4v) is 2.82. The third kappa shape index (κ3) is 3.89. The van der Waals surface area contributed by atoms with Gasteiger partial charge in [0.25, 0.3) is 0 Å². The van der Waals surface area contributed by atoms with E-state index in [0.29, 0.717) is 11.8 Å². The first kappa shape index (κ1) is 16.4. The average Bonchev–Trinajstić information content (AvgIpc) is 3.02. The zero-order valence-corrected chi connectivity index (χ0v) is 14.7. The molecule has 1 atom stereocenters. The maximum Gasteiger partial charge on any atom is 0.225 e. The summed E-state index contributed by atoms with van der Waals surface area (Å²) in [6.45, 7) is 1.74. The molecule has 122 valence electrons. The number of benzene rings is 2. The maximum atomic E-state index is 12.5. The first-order valence-corrected chi connectivity index (χ1v) is 8.32. The van der Waals surface area contributed by atoms with E-state index in [9.17, 15) is 4.79 Å². The summed E-state index contributed by atoms with van der Waals surface area (Å²) in [4.78, 5) is 12.5. The Bertz CT molecular complexity index is 833. The van der Waals surface area contributed by atoms with E-state index < -0.39 is 0 Å². The van der Waals surface area contributed by atoms with Gasteiger partial charge in [-0.2, -0.15) is 0 Å². The van der Waals surface area contributed by atoms with Crippen LogP contribution in [0.1, 0.15) is 29.7 Å². The predicted molar refractivity (Wildman–Crippen MR) is 94.7 cm³/mol. The van der Waals surface area contributed by atoms with E-state index in [1.807, 2.05) is 54.6 Å². The fraction of sp³-hybridized carbons (Fsp3) is 0.167. The molecular formula is C18H16BrN3O2. The Balaban J connectivity index is 1.82. The highest BCUT2D eigenvalue weighted by atomic mass is 79.9. The standard InChI is InChI=1S/C18H16BrN3O2/c1-12-21-22-18(24-12)14(13-7-3-2-4-8-13)11-17(23)20-16-10-6-5-9-15(16)19/h2-10,14H,11H2,1H3,(H,20,23). The lowest BCUT2D eigenvalue weighted by Crippen LogP contribution is -2.17. The quantitative estimate of drug-likeness (QED) is 0.710. The van der Waals surface area contributed by atoms with E-state index in [0.717, 1.165) is 15.7 Å². The second kappa shape index (κ2) is 7.40. The number of amides is 1. The largest absolute Gasteiger partial charge is 0.425 e. The molecule has 0 aliphatic heterocycles. The van der Waals surface area contributed by atoms with Crippen molar-refractivity contribution in [3.63, 3.8) is 0 Å². The van der Waals surface area contributed by atoms with Gasteiger partial charge >= 0.3 is 0 Å². The van der Waals surface area contributed by atoms with Crippen LogP contribution in [-0.2, 0) is 4.79 Å². The van der Waals surface area contributed by atoms with Crippen LogP contribution >= 0.6 is 15.9 Å². The molecule has 6 heteroatoms. The van der Waals surface area contributed by atoms with Crippen molar-refractivity contribution in [3.8, 4) is 0 Å². The van der Waals surface area contributed by atoms with Gasteiger partial charge in [-0.3, -0.25) is 4.79 Å². The van der Waals surface area contributed by atoms with Crippen LogP contribution < -0.4 is 5.32 Å². The van der Waals surface area contributed by atoms with Crippen LogP contribution in [0.2, 0.25) is 0 Å². The van der Waals surface area contributed by atoms with Crippen molar-refractivity contribution in [2.45, 2.75) is 19.3 Å². The molecule has 0 spiro atoms. The molecule has 3 rings (SSSR count). The van der Waals surface area contributed by atoms with Crippen LogP contribution in [0.15, 0.2) is 63.5 Å². The van der Waals surface area contributed by atoms with E-state index in [2.05, 4.69) is 31.4 Å². The first-order valence-electron chi connectivity index (χ1n) is 7.53. The summed E-state index contributed by atoms with van der Waals surface area (Å²) in [5.74, 6) is 0.527. The highest BCUT2D eigenvalue weighted by molar-refractivity contribution is 9.10. The van der Waals surface area contributed by atoms with Crippen molar-refractivity contribution in [1.82, 2.24) is 10.2 Å². The van der Waals surface area contributed by atoms with Crippen LogP contribution in [-0.4, -0.2) is 16.1 Å². The molecule has 0 aliphatic rings. The van der Waals surface area contributed by atoms with Gasteiger partial charge in [0.15, 0.2) is 0 Å². The van der Waals surface area contributed by atoms with Crippen molar-refractivity contribution in [2.75, 3.05) is 5.32 Å². The van der Waals surface area contributed by atoms with Gasteiger partial charge in [0, 0.05) is 17.8 Å². The fourth-order valence-electron chi connectivity index (χ4n) is 2.43. The predicted octanol–water partition coefficient (Wildman–Crippen LogP) is 4.30. The molecule has 1 amide bonds. The minimum Gasteiger partial charge on any atom is -0.425 e. The molecule has 0 saturated carbocycles. The Hall–Kier alpha value is -2.47. The van der Waals surface area contributed by atoms with Gasteiger partial charge in [-0.15, -0.1) is 10.2 Å². The van der Waals surface area contributed by atoms with Gasteiger partial charge in [0.2, 0.25) is 17.7 Å². The molecule has 0 radical (unpaired) electrons. The molecule has 1 heterocycles. The lowest BCUT2D eigenvalue weighted by Gasteiger charge is -2.14. The summed E-state index contributed by atoms with van der Waals surface area (Å²) >= 11 is 3.43. The van der Waals surface area contributed by atoms with Crippen molar-refractivity contribution >= 4 is 27.5 Å². The average molecular weight is 386 g/mol. The van der Waals surface area contributed by atoms with Gasteiger partial charge in [-0.1, -0.05) is 42.5 Å². The molecule has 0 saturated heterocycles. The topological polar surface area (TPSA) is 68.0 Å². The monoisotopic (exact) mass is 385 g/mol. The third-order valence-corrected chi connectivity index (χ3v) is 4.27. The lowest BCUT2D eigenvalue weighted by atomic mass is 9.95. The molecule has 0 fully saturated rings. The third-order valence-electron chi connectivity index (χ3n) is 3.58. The second-order valence-electron chi connectivity index (χ2n) is 5.35. The maximum absolute atomic E-state index is 12.5. The Morgan fingerprint density at radius 2 is 1.83 bits per heavy atom. The molecule has 0 aliphatic carbocycles. The van der Waals surface area contributed by atoms with Crippen molar-refractivity contribution < 1.29 is 9.21 Å². The van der Waals surface area contributed by atoms with Crippen LogP contribution in [0, 0.1) is 6.92 Å². The number of nitrogens with zero attached hydrogens (tertiary/aromatic N) is 2. The number of rotatable bonds is 5. The van der Waals surface area contributed by atoms with Crippen LogP contribution in [0.25, 0.3) is 0 Å². The summed E-state index contributed by atoms with van der Waals surface area (Å²) in [6, 6.07) is 17.2. The van der Waals surface area contributed by atoms with Crippen molar-refractivity contribution in [3.05, 3.63) is 76.4 Å². The van der Waals surface area contributed by atoms with Crippen LogP contribution in [0.3, 0.4) is 0 Å². The SMILES string of the molecule is Cc1nnc(C(CC(=O)Nc2ccccc2Br)c2ccccc2)o1. The number of hydrogen-bond donors (Lipinski definition) is 1. The minimum atomic E-state index is -0.283. The summed E-state index contributed by atoms with van der Waals surface area (Å²) in [5, 5.41) is 10.9. The second-order valence-corrected chi connectivity index (χ2v) is 6.21. The smallest absolute Gasteiger partial charge is 0.225 e. The summed E-state index contributed by atoms with van der Waals surface area (Å²) in [5.41, 5.74) is 1.69.